The van der Waals surface area contributed by atoms with E-state index < -0.39 is 33.7 Å². The van der Waals surface area contributed by atoms with Crippen molar-refractivity contribution in [2.24, 2.45) is 0 Å². The van der Waals surface area contributed by atoms with E-state index in [-0.39, 0.29) is 33.4 Å². The summed E-state index contributed by atoms with van der Waals surface area (Å²) in [6, 6.07) is 7.81. The number of hydrogen-bond acceptors (Lipinski definition) is 6. The van der Waals surface area contributed by atoms with Gasteiger partial charge in [-0.25, -0.2) is 9.29 Å². The first kappa shape index (κ1) is 24.4. The van der Waals surface area contributed by atoms with Crippen molar-refractivity contribution in [3.63, 3.8) is 0 Å². The van der Waals surface area contributed by atoms with Gasteiger partial charge in [-0.05, 0) is 19.4 Å². The molecule has 1 fully saturated rings. The Bertz CT molecular complexity index is 964. The van der Waals surface area contributed by atoms with E-state index in [0.29, 0.717) is 15.0 Å². The Morgan fingerprint density at radius 3 is 2.43 bits per heavy atom. The highest BCUT2D eigenvalue weighted by Crippen LogP contribution is 2.43. The van der Waals surface area contributed by atoms with Gasteiger partial charge in [0.15, 0.2) is 0 Å². The molecule has 0 radical (unpaired) electrons. The standard InChI is InChI=1S/C16H17N3O5S2.2H2S/c1-10-17-12(9-25-10)16(2)14(15(21)19(16)26(22,23)24)18-13(20)8-11-6-4-3-5-7-11;;/h3-7,9,14H,8H2,1-2H3,(H,18,20)(H,22,23,24);2*1H2/t14?,16-;;/m1../s1. The molecular formula is C16H21N3O5S4. The lowest BCUT2D eigenvalue weighted by atomic mass is 9.80. The van der Waals surface area contributed by atoms with Gasteiger partial charge in [-0.3, -0.25) is 14.1 Å². The van der Waals surface area contributed by atoms with Crippen molar-refractivity contribution >= 4 is 60.4 Å². The molecule has 1 unspecified atom stereocenters. The van der Waals surface area contributed by atoms with E-state index in [2.05, 4.69) is 10.3 Å². The van der Waals surface area contributed by atoms with E-state index in [0.717, 1.165) is 5.56 Å². The summed E-state index contributed by atoms with van der Waals surface area (Å²) >= 11 is 1.28. The first-order valence-electron chi connectivity index (χ1n) is 7.71. The molecular weight excluding hydrogens is 442 g/mol. The number of aryl methyl sites for hydroxylation is 1. The second-order valence-corrected chi connectivity index (χ2v) is 8.47. The average Bonchev–Trinajstić information content (AvgIpc) is 2.99. The van der Waals surface area contributed by atoms with Crippen LogP contribution in [0.25, 0.3) is 0 Å². The number of carbonyl (C=O) groups is 2. The number of hydrogen-bond donors (Lipinski definition) is 2. The van der Waals surface area contributed by atoms with Gasteiger partial charge in [-0.15, -0.1) is 11.3 Å². The minimum atomic E-state index is -4.79. The SMILES string of the molecule is Cc1nc([C@]2(C)C(NC(=O)Cc3ccccc3)C(=O)N2S(=O)(=O)O)cs1.S.S. The molecule has 8 nitrogen and oxygen atoms in total. The molecule has 3 rings (SSSR count). The third-order valence-electron chi connectivity index (χ3n) is 4.31. The first-order chi connectivity index (χ1) is 12.1. The number of nitrogens with one attached hydrogen (secondary N) is 1. The van der Waals surface area contributed by atoms with Crippen LogP contribution in [0.1, 0.15) is 23.2 Å². The number of β-lactam (4-membered cyclic amide) rings is 1. The third-order valence-corrected chi connectivity index (χ3v) is 6.11. The molecule has 12 heteroatoms. The van der Waals surface area contributed by atoms with Crippen molar-refractivity contribution in [2.45, 2.75) is 31.8 Å². The summed E-state index contributed by atoms with van der Waals surface area (Å²) in [4.78, 5) is 28.9. The quantitative estimate of drug-likeness (QED) is 0.509. The van der Waals surface area contributed by atoms with Gasteiger partial charge < -0.3 is 5.32 Å². The number of aromatic nitrogens is 1. The highest BCUT2D eigenvalue weighted by molar-refractivity contribution is 7.84. The minimum Gasteiger partial charge on any atom is -0.342 e. The zero-order valence-corrected chi connectivity index (χ0v) is 18.7. The van der Waals surface area contributed by atoms with Crippen LogP contribution in [0.3, 0.4) is 0 Å². The molecule has 1 aromatic heterocycles. The molecule has 1 aromatic carbocycles. The zero-order valence-electron chi connectivity index (χ0n) is 15.0. The Hall–Kier alpha value is -1.60. The molecule has 1 saturated heterocycles. The fraction of sp³-hybridized carbons (Fsp3) is 0.312. The molecule has 0 saturated carbocycles. The van der Waals surface area contributed by atoms with Crippen LogP contribution in [0.4, 0.5) is 0 Å². The van der Waals surface area contributed by atoms with E-state index in [4.69, 9.17) is 0 Å². The second-order valence-electron chi connectivity index (χ2n) is 6.14. The fourth-order valence-electron chi connectivity index (χ4n) is 3.03. The van der Waals surface area contributed by atoms with E-state index in [1.54, 1.807) is 36.6 Å². The smallest absolute Gasteiger partial charge is 0.342 e. The summed E-state index contributed by atoms with van der Waals surface area (Å²) in [5.74, 6) is -1.33. The molecule has 1 aliphatic rings. The Morgan fingerprint density at radius 1 is 1.32 bits per heavy atom. The molecule has 2 atom stereocenters. The maximum absolute atomic E-state index is 12.3. The zero-order chi connectivity index (χ0) is 19.1. The molecule has 2 N–H and O–H groups in total. The average molecular weight is 464 g/mol. The summed E-state index contributed by atoms with van der Waals surface area (Å²) in [5, 5.41) is 4.85. The molecule has 2 heterocycles. The van der Waals surface area contributed by atoms with Gasteiger partial charge in [0.1, 0.15) is 11.6 Å². The van der Waals surface area contributed by atoms with Crippen LogP contribution in [0.2, 0.25) is 0 Å². The number of amides is 2. The summed E-state index contributed by atoms with van der Waals surface area (Å²) in [6.45, 7) is 3.18. The van der Waals surface area contributed by atoms with Gasteiger partial charge in [0.25, 0.3) is 5.91 Å². The van der Waals surface area contributed by atoms with Crippen LogP contribution in [-0.4, -0.2) is 40.1 Å². The monoisotopic (exact) mass is 463 g/mol. The molecule has 28 heavy (non-hydrogen) atoms. The van der Waals surface area contributed by atoms with Crippen LogP contribution in [0, 0.1) is 6.92 Å². The Morgan fingerprint density at radius 2 is 1.93 bits per heavy atom. The first-order valence-corrected chi connectivity index (χ1v) is 9.99. The van der Waals surface area contributed by atoms with Crippen LogP contribution < -0.4 is 5.32 Å². The van der Waals surface area contributed by atoms with Gasteiger partial charge in [0, 0.05) is 5.38 Å². The highest BCUT2D eigenvalue weighted by Gasteiger charge is 2.64. The topological polar surface area (TPSA) is 117 Å². The second kappa shape index (κ2) is 8.82. The molecule has 2 aromatic rings. The summed E-state index contributed by atoms with van der Waals surface area (Å²) in [5.41, 5.74) is -0.432. The molecule has 154 valence electrons. The predicted molar refractivity (Wildman–Crippen MR) is 115 cm³/mol. The van der Waals surface area contributed by atoms with Crippen molar-refractivity contribution < 1.29 is 22.6 Å². The van der Waals surface area contributed by atoms with Crippen LogP contribution >= 0.6 is 38.3 Å². The fourth-order valence-corrected chi connectivity index (χ4v) is 4.77. The molecule has 0 bridgehead atoms. The van der Waals surface area contributed by atoms with Crippen molar-refractivity contribution in [1.82, 2.24) is 14.6 Å². The maximum Gasteiger partial charge on any atom is 0.363 e. The summed E-state index contributed by atoms with van der Waals surface area (Å²) < 4.78 is 33.1. The van der Waals surface area contributed by atoms with Crippen LogP contribution in [-0.2, 0) is 31.9 Å². The Labute approximate surface area is 181 Å². The maximum atomic E-state index is 12.3. The number of rotatable bonds is 5. The predicted octanol–water partition coefficient (Wildman–Crippen LogP) is 1.26. The van der Waals surface area contributed by atoms with Crippen LogP contribution in [0.5, 0.6) is 0 Å². The number of thiazole rings is 1. The van der Waals surface area contributed by atoms with E-state index in [1.165, 1.54) is 18.3 Å². The number of carbonyl (C=O) groups excluding carboxylic acids is 2. The molecule has 2 amide bonds. The van der Waals surface area contributed by atoms with Crippen molar-refractivity contribution in [1.29, 1.82) is 0 Å². The van der Waals surface area contributed by atoms with Crippen LogP contribution in [0.15, 0.2) is 35.7 Å². The Kier molecular flexibility index (Phi) is 7.70. The Balaban J connectivity index is 0.00000196. The van der Waals surface area contributed by atoms with Crippen molar-refractivity contribution in [2.75, 3.05) is 0 Å². The molecule has 0 spiro atoms. The number of nitrogens with zero attached hydrogens (tertiary/aromatic N) is 2. The van der Waals surface area contributed by atoms with E-state index in [1.807, 2.05) is 6.07 Å². The van der Waals surface area contributed by atoms with Gasteiger partial charge in [-0.1, -0.05) is 30.3 Å². The van der Waals surface area contributed by atoms with E-state index >= 15 is 0 Å². The number of benzene rings is 1. The molecule has 1 aliphatic heterocycles. The third kappa shape index (κ3) is 4.35. The van der Waals surface area contributed by atoms with Crippen molar-refractivity contribution in [3.05, 3.63) is 52.0 Å². The normalized spacial score (nSPS) is 21.2. The van der Waals surface area contributed by atoms with Gasteiger partial charge in [0.05, 0.1) is 17.1 Å². The highest BCUT2D eigenvalue weighted by atomic mass is 32.2. The van der Waals surface area contributed by atoms with Gasteiger partial charge >= 0.3 is 10.3 Å². The minimum absolute atomic E-state index is 0. The lowest BCUT2D eigenvalue weighted by Crippen LogP contribution is -2.77. The molecule has 0 aliphatic carbocycles. The van der Waals surface area contributed by atoms with Gasteiger partial charge in [-0.2, -0.15) is 35.4 Å². The van der Waals surface area contributed by atoms with Gasteiger partial charge in [0.2, 0.25) is 5.91 Å². The summed E-state index contributed by atoms with van der Waals surface area (Å²) in [7, 11) is -4.79. The summed E-state index contributed by atoms with van der Waals surface area (Å²) in [6.07, 6.45) is 0.0443. The largest absolute Gasteiger partial charge is 0.363 e. The lowest BCUT2D eigenvalue weighted by Gasteiger charge is -2.51. The van der Waals surface area contributed by atoms with E-state index in [9.17, 15) is 22.6 Å². The van der Waals surface area contributed by atoms with Crippen molar-refractivity contribution in [3.8, 4) is 0 Å². The lowest BCUT2D eigenvalue weighted by molar-refractivity contribution is -0.154.